The molecule has 1 N–H and O–H groups in total. The van der Waals surface area contributed by atoms with Crippen LogP contribution in [0.4, 0.5) is 4.79 Å². The van der Waals surface area contributed by atoms with Crippen LogP contribution in [-0.4, -0.2) is 30.3 Å². The number of hydrogen-bond donors (Lipinski definition) is 1. The summed E-state index contributed by atoms with van der Waals surface area (Å²) in [7, 11) is 1.33. The standard InChI is InChI=1S/C13H25NO4/c1-11(2,3)18-10(16)14-13(6,7)12(4,5)9(15)17-8/h1-8H3,(H,14,16). The van der Waals surface area contributed by atoms with Crippen molar-refractivity contribution in [3.63, 3.8) is 0 Å². The van der Waals surface area contributed by atoms with Crippen LogP contribution in [0.3, 0.4) is 0 Å². The van der Waals surface area contributed by atoms with E-state index in [4.69, 9.17) is 9.47 Å². The topological polar surface area (TPSA) is 64.6 Å². The number of carbonyl (C=O) groups is 2. The Morgan fingerprint density at radius 3 is 1.72 bits per heavy atom. The number of amides is 1. The molecule has 18 heavy (non-hydrogen) atoms. The van der Waals surface area contributed by atoms with E-state index in [0.717, 1.165) is 0 Å². The second kappa shape index (κ2) is 5.16. The zero-order valence-electron chi connectivity index (χ0n) is 12.6. The van der Waals surface area contributed by atoms with Crippen LogP contribution in [0, 0.1) is 5.41 Å². The summed E-state index contributed by atoms with van der Waals surface area (Å²) in [5, 5.41) is 2.71. The molecule has 0 aliphatic carbocycles. The van der Waals surface area contributed by atoms with Crippen molar-refractivity contribution in [2.24, 2.45) is 5.41 Å². The summed E-state index contributed by atoms with van der Waals surface area (Å²) in [5.41, 5.74) is -2.23. The van der Waals surface area contributed by atoms with Gasteiger partial charge in [-0.05, 0) is 48.5 Å². The first-order valence-corrected chi connectivity index (χ1v) is 5.93. The van der Waals surface area contributed by atoms with E-state index in [-0.39, 0.29) is 5.97 Å². The van der Waals surface area contributed by atoms with Crippen LogP contribution in [-0.2, 0) is 14.3 Å². The van der Waals surface area contributed by atoms with Crippen molar-refractivity contribution in [1.29, 1.82) is 0 Å². The number of methoxy groups -OCH3 is 1. The molecule has 0 heterocycles. The summed E-state index contributed by atoms with van der Waals surface area (Å²) in [4.78, 5) is 23.5. The predicted molar refractivity (Wildman–Crippen MR) is 69.2 cm³/mol. The molecule has 1 amide bonds. The highest BCUT2D eigenvalue weighted by molar-refractivity contribution is 5.79. The maximum atomic E-state index is 11.7. The fourth-order valence-corrected chi connectivity index (χ4v) is 1.23. The molecule has 0 aromatic carbocycles. The molecule has 0 radical (unpaired) electrons. The van der Waals surface area contributed by atoms with E-state index in [0.29, 0.717) is 0 Å². The third-order valence-electron chi connectivity index (χ3n) is 3.07. The highest BCUT2D eigenvalue weighted by Gasteiger charge is 2.45. The first kappa shape index (κ1) is 16.7. The largest absolute Gasteiger partial charge is 0.469 e. The number of ether oxygens (including phenoxy) is 2. The minimum atomic E-state index is -0.862. The van der Waals surface area contributed by atoms with Gasteiger partial charge in [-0.15, -0.1) is 0 Å². The fraction of sp³-hybridized carbons (Fsp3) is 0.846. The second-order valence-corrected chi connectivity index (χ2v) is 6.37. The van der Waals surface area contributed by atoms with E-state index < -0.39 is 22.6 Å². The minimum absolute atomic E-state index is 0.386. The normalized spacial score (nSPS) is 12.9. The summed E-state index contributed by atoms with van der Waals surface area (Å²) in [5.74, 6) is -0.386. The third-order valence-corrected chi connectivity index (χ3v) is 3.07. The van der Waals surface area contributed by atoms with Gasteiger partial charge in [-0.3, -0.25) is 4.79 Å². The van der Waals surface area contributed by atoms with Crippen molar-refractivity contribution >= 4 is 12.1 Å². The maximum Gasteiger partial charge on any atom is 0.408 e. The van der Waals surface area contributed by atoms with E-state index in [1.165, 1.54) is 7.11 Å². The summed E-state index contributed by atoms with van der Waals surface area (Å²) >= 11 is 0. The van der Waals surface area contributed by atoms with E-state index in [1.807, 2.05) is 0 Å². The van der Waals surface area contributed by atoms with Gasteiger partial charge in [0.25, 0.3) is 0 Å². The predicted octanol–water partition coefficient (Wildman–Crippen LogP) is 2.49. The number of hydrogen-bond acceptors (Lipinski definition) is 4. The zero-order chi connectivity index (χ0) is 14.8. The Hall–Kier alpha value is -1.26. The molecule has 0 saturated carbocycles. The molecule has 5 heteroatoms. The lowest BCUT2D eigenvalue weighted by molar-refractivity contribution is -0.154. The van der Waals surface area contributed by atoms with Crippen molar-refractivity contribution in [3.05, 3.63) is 0 Å². The number of carbonyl (C=O) groups excluding carboxylic acids is 2. The lowest BCUT2D eigenvalue weighted by Crippen LogP contribution is -2.58. The van der Waals surface area contributed by atoms with Crippen LogP contribution in [0.2, 0.25) is 0 Å². The molecule has 0 aromatic rings. The van der Waals surface area contributed by atoms with Crippen molar-refractivity contribution in [2.75, 3.05) is 7.11 Å². The summed E-state index contributed by atoms with van der Waals surface area (Å²) in [6.45, 7) is 12.3. The Bertz CT molecular complexity index is 326. The molecule has 0 bridgehead atoms. The first-order chi connectivity index (χ1) is 7.83. The number of alkyl carbamates (subject to hydrolysis) is 1. The second-order valence-electron chi connectivity index (χ2n) is 6.37. The molecule has 5 nitrogen and oxygen atoms in total. The Kier molecular flexibility index (Phi) is 4.80. The zero-order valence-corrected chi connectivity index (χ0v) is 12.6. The Morgan fingerprint density at radius 1 is 0.944 bits per heavy atom. The molecule has 0 spiro atoms. The molecular formula is C13H25NO4. The molecule has 0 rings (SSSR count). The van der Waals surface area contributed by atoms with Crippen molar-refractivity contribution in [2.45, 2.75) is 59.6 Å². The molecule has 0 saturated heterocycles. The van der Waals surface area contributed by atoms with Gasteiger partial charge in [0.05, 0.1) is 18.1 Å². The van der Waals surface area contributed by atoms with Crippen LogP contribution in [0.1, 0.15) is 48.5 Å². The lowest BCUT2D eigenvalue weighted by Gasteiger charge is -2.39. The highest BCUT2D eigenvalue weighted by atomic mass is 16.6. The van der Waals surface area contributed by atoms with Crippen LogP contribution in [0.15, 0.2) is 0 Å². The third kappa shape index (κ3) is 4.20. The van der Waals surface area contributed by atoms with Gasteiger partial charge in [0.1, 0.15) is 5.60 Å². The number of esters is 1. The smallest absolute Gasteiger partial charge is 0.408 e. The van der Waals surface area contributed by atoms with Gasteiger partial charge >= 0.3 is 12.1 Å². The van der Waals surface area contributed by atoms with E-state index >= 15 is 0 Å². The molecule has 0 aliphatic rings. The van der Waals surface area contributed by atoms with Crippen LogP contribution >= 0.6 is 0 Å². The van der Waals surface area contributed by atoms with Gasteiger partial charge in [-0.25, -0.2) is 4.79 Å². The summed E-state index contributed by atoms with van der Waals surface area (Å²) < 4.78 is 9.93. The Balaban J connectivity index is 4.85. The monoisotopic (exact) mass is 259 g/mol. The van der Waals surface area contributed by atoms with E-state index in [1.54, 1.807) is 48.5 Å². The molecule has 0 unspecified atom stereocenters. The molecule has 0 atom stereocenters. The summed E-state index contributed by atoms with van der Waals surface area (Å²) in [6, 6.07) is 0. The van der Waals surface area contributed by atoms with Crippen molar-refractivity contribution in [1.82, 2.24) is 5.32 Å². The highest BCUT2D eigenvalue weighted by Crippen LogP contribution is 2.32. The molecule has 0 aromatic heterocycles. The minimum Gasteiger partial charge on any atom is -0.469 e. The van der Waals surface area contributed by atoms with Crippen LogP contribution in [0.25, 0.3) is 0 Å². The van der Waals surface area contributed by atoms with Gasteiger partial charge in [0, 0.05) is 0 Å². The van der Waals surface area contributed by atoms with E-state index in [9.17, 15) is 9.59 Å². The molecule has 0 aliphatic heterocycles. The molecule has 0 fully saturated rings. The maximum absolute atomic E-state index is 11.7. The number of rotatable bonds is 3. The van der Waals surface area contributed by atoms with Crippen LogP contribution < -0.4 is 5.32 Å². The lowest BCUT2D eigenvalue weighted by atomic mass is 9.74. The van der Waals surface area contributed by atoms with Gasteiger partial charge < -0.3 is 14.8 Å². The Labute approximate surface area is 109 Å². The van der Waals surface area contributed by atoms with Crippen LogP contribution in [0.5, 0.6) is 0 Å². The summed E-state index contributed by atoms with van der Waals surface area (Å²) in [6.07, 6.45) is -0.551. The molecule has 106 valence electrons. The number of nitrogens with one attached hydrogen (secondary N) is 1. The SMILES string of the molecule is COC(=O)C(C)(C)C(C)(C)NC(=O)OC(C)(C)C. The quantitative estimate of drug-likeness (QED) is 0.791. The first-order valence-electron chi connectivity index (χ1n) is 5.93. The van der Waals surface area contributed by atoms with Gasteiger partial charge in [-0.2, -0.15) is 0 Å². The fourth-order valence-electron chi connectivity index (χ4n) is 1.23. The Morgan fingerprint density at radius 2 is 1.39 bits per heavy atom. The van der Waals surface area contributed by atoms with Gasteiger partial charge in [-0.1, -0.05) is 0 Å². The average molecular weight is 259 g/mol. The van der Waals surface area contributed by atoms with Gasteiger partial charge in [0.2, 0.25) is 0 Å². The van der Waals surface area contributed by atoms with E-state index in [2.05, 4.69) is 5.32 Å². The van der Waals surface area contributed by atoms with Crippen molar-refractivity contribution < 1.29 is 19.1 Å². The van der Waals surface area contributed by atoms with Crippen molar-refractivity contribution in [3.8, 4) is 0 Å². The average Bonchev–Trinajstić information content (AvgIpc) is 2.11. The molecular weight excluding hydrogens is 234 g/mol. The van der Waals surface area contributed by atoms with Gasteiger partial charge in [0.15, 0.2) is 0 Å².